The maximum atomic E-state index is 13.0. The molecule has 0 aliphatic carbocycles. The summed E-state index contributed by atoms with van der Waals surface area (Å²) in [7, 11) is -3.93. The van der Waals surface area contributed by atoms with E-state index in [0.29, 0.717) is 11.3 Å². The molecule has 0 saturated carbocycles. The fourth-order valence-corrected chi connectivity index (χ4v) is 3.49. The lowest BCUT2D eigenvalue weighted by molar-refractivity contribution is 0.102. The van der Waals surface area contributed by atoms with Gasteiger partial charge in [-0.15, -0.1) is 0 Å². The zero-order valence-corrected chi connectivity index (χ0v) is 15.2. The third-order valence-electron chi connectivity index (χ3n) is 3.80. The molecule has 0 atom stereocenters. The smallest absolute Gasteiger partial charge is 0.261 e. The van der Waals surface area contributed by atoms with Crippen LogP contribution in [-0.2, 0) is 10.0 Å². The summed E-state index contributed by atoms with van der Waals surface area (Å²) in [4.78, 5) is 12.4. The number of halogens is 1. The van der Waals surface area contributed by atoms with Crippen molar-refractivity contribution in [3.05, 3.63) is 89.7 Å². The number of sulfonamides is 1. The number of hydrogen-bond donors (Lipinski definition) is 2. The number of nitriles is 1. The van der Waals surface area contributed by atoms with Crippen molar-refractivity contribution in [1.29, 1.82) is 5.26 Å². The van der Waals surface area contributed by atoms with Crippen LogP contribution < -0.4 is 10.0 Å². The number of anilines is 2. The highest BCUT2D eigenvalue weighted by Gasteiger charge is 2.15. The summed E-state index contributed by atoms with van der Waals surface area (Å²) < 4.78 is 40.1. The second kappa shape index (κ2) is 7.90. The fourth-order valence-electron chi connectivity index (χ4n) is 2.44. The topological polar surface area (TPSA) is 99.1 Å². The van der Waals surface area contributed by atoms with E-state index in [9.17, 15) is 17.6 Å². The normalized spacial score (nSPS) is 10.7. The Morgan fingerprint density at radius 3 is 2.39 bits per heavy atom. The Morgan fingerprint density at radius 2 is 1.68 bits per heavy atom. The second-order valence-corrected chi connectivity index (χ2v) is 7.43. The van der Waals surface area contributed by atoms with Crippen molar-refractivity contribution in [1.82, 2.24) is 0 Å². The summed E-state index contributed by atoms with van der Waals surface area (Å²) in [5, 5.41) is 11.7. The van der Waals surface area contributed by atoms with E-state index in [-0.39, 0.29) is 16.1 Å². The predicted octanol–water partition coefficient (Wildman–Crippen LogP) is 3.75. The summed E-state index contributed by atoms with van der Waals surface area (Å²) >= 11 is 0. The molecule has 0 spiro atoms. The molecule has 2 N–H and O–H groups in total. The van der Waals surface area contributed by atoms with Gasteiger partial charge in [-0.05, 0) is 54.6 Å². The van der Waals surface area contributed by atoms with Crippen molar-refractivity contribution in [3.63, 3.8) is 0 Å². The van der Waals surface area contributed by atoms with Crippen molar-refractivity contribution in [3.8, 4) is 6.07 Å². The van der Waals surface area contributed by atoms with Gasteiger partial charge in [-0.1, -0.05) is 18.2 Å². The van der Waals surface area contributed by atoms with Gasteiger partial charge in [0.1, 0.15) is 11.9 Å². The van der Waals surface area contributed by atoms with Gasteiger partial charge in [0.05, 0.1) is 16.1 Å². The van der Waals surface area contributed by atoms with Gasteiger partial charge >= 0.3 is 0 Å². The average molecular weight is 395 g/mol. The number of rotatable bonds is 5. The van der Waals surface area contributed by atoms with Crippen LogP contribution in [0, 0.1) is 17.1 Å². The van der Waals surface area contributed by atoms with E-state index in [1.807, 2.05) is 6.07 Å². The minimum atomic E-state index is -3.93. The summed E-state index contributed by atoms with van der Waals surface area (Å²) in [6.07, 6.45) is 0. The number of para-hydroxylation sites is 1. The summed E-state index contributed by atoms with van der Waals surface area (Å²) in [6, 6.07) is 18.8. The zero-order chi connectivity index (χ0) is 20.1. The molecule has 1 amide bonds. The van der Waals surface area contributed by atoms with E-state index in [1.165, 1.54) is 24.3 Å². The zero-order valence-electron chi connectivity index (χ0n) is 14.4. The quantitative estimate of drug-likeness (QED) is 0.687. The second-order valence-electron chi connectivity index (χ2n) is 5.75. The van der Waals surface area contributed by atoms with E-state index < -0.39 is 21.7 Å². The molecule has 0 radical (unpaired) electrons. The van der Waals surface area contributed by atoms with Gasteiger partial charge in [0.15, 0.2) is 0 Å². The first kappa shape index (κ1) is 19.1. The van der Waals surface area contributed by atoms with Crippen LogP contribution in [0.25, 0.3) is 0 Å². The molecular formula is C20H14FN3O3S. The average Bonchev–Trinajstić information content (AvgIpc) is 2.68. The monoisotopic (exact) mass is 395 g/mol. The van der Waals surface area contributed by atoms with Gasteiger partial charge in [-0.25, -0.2) is 12.8 Å². The maximum Gasteiger partial charge on any atom is 0.261 e. The van der Waals surface area contributed by atoms with Crippen LogP contribution in [0.15, 0.2) is 77.7 Å². The molecule has 0 bridgehead atoms. The Bertz CT molecular complexity index is 1170. The summed E-state index contributed by atoms with van der Waals surface area (Å²) in [5.74, 6) is -1.04. The summed E-state index contributed by atoms with van der Waals surface area (Å²) in [5.41, 5.74) is 1.04. The first-order chi connectivity index (χ1) is 13.4. The van der Waals surface area contributed by atoms with Crippen LogP contribution in [0.5, 0.6) is 0 Å². The molecule has 3 rings (SSSR count). The lowest BCUT2D eigenvalue weighted by Crippen LogP contribution is -2.15. The first-order valence-electron chi connectivity index (χ1n) is 8.08. The van der Waals surface area contributed by atoms with Crippen LogP contribution in [0.1, 0.15) is 15.9 Å². The van der Waals surface area contributed by atoms with Crippen molar-refractivity contribution in [2.24, 2.45) is 0 Å². The molecule has 0 aliphatic heterocycles. The Kier molecular flexibility index (Phi) is 5.38. The number of hydrogen-bond acceptors (Lipinski definition) is 4. The van der Waals surface area contributed by atoms with Crippen LogP contribution >= 0.6 is 0 Å². The minimum Gasteiger partial charge on any atom is -0.321 e. The molecule has 0 fully saturated rings. The minimum absolute atomic E-state index is 0.105. The number of benzene rings is 3. The highest BCUT2D eigenvalue weighted by Crippen LogP contribution is 2.19. The molecule has 0 aliphatic rings. The molecule has 0 unspecified atom stereocenters. The van der Waals surface area contributed by atoms with Crippen LogP contribution in [0.3, 0.4) is 0 Å². The molecule has 8 heteroatoms. The van der Waals surface area contributed by atoms with Crippen molar-refractivity contribution < 1.29 is 17.6 Å². The number of nitrogens with zero attached hydrogens (tertiary/aromatic N) is 1. The number of nitrogens with one attached hydrogen (secondary N) is 2. The van der Waals surface area contributed by atoms with Gasteiger partial charge in [-0.3, -0.25) is 9.52 Å². The molecule has 140 valence electrons. The number of carbonyl (C=O) groups is 1. The first-order valence-corrected chi connectivity index (χ1v) is 9.56. The van der Waals surface area contributed by atoms with Gasteiger partial charge in [0.2, 0.25) is 0 Å². The maximum absolute atomic E-state index is 13.0. The molecular weight excluding hydrogens is 381 g/mol. The van der Waals surface area contributed by atoms with Crippen molar-refractivity contribution >= 4 is 27.3 Å². The van der Waals surface area contributed by atoms with Gasteiger partial charge < -0.3 is 5.32 Å². The Labute approximate surface area is 161 Å². The molecule has 0 heterocycles. The van der Waals surface area contributed by atoms with Gasteiger partial charge in [0, 0.05) is 11.3 Å². The summed E-state index contributed by atoms with van der Waals surface area (Å²) in [6.45, 7) is 0. The lowest BCUT2D eigenvalue weighted by Gasteiger charge is -2.10. The molecule has 3 aromatic rings. The van der Waals surface area contributed by atoms with E-state index in [4.69, 9.17) is 5.26 Å². The third kappa shape index (κ3) is 4.34. The van der Waals surface area contributed by atoms with Crippen molar-refractivity contribution in [2.45, 2.75) is 4.90 Å². The van der Waals surface area contributed by atoms with Crippen LogP contribution in [0.4, 0.5) is 15.8 Å². The highest BCUT2D eigenvalue weighted by atomic mass is 32.2. The van der Waals surface area contributed by atoms with E-state index >= 15 is 0 Å². The van der Waals surface area contributed by atoms with Crippen molar-refractivity contribution in [2.75, 3.05) is 10.0 Å². The third-order valence-corrected chi connectivity index (χ3v) is 5.19. The standard InChI is InChI=1S/C20H14FN3O3S/c21-16-8-10-18(11-9-16)28(26,27)24-17-6-3-5-14(12-17)20(25)23-19-7-2-1-4-15(19)13-22/h1-12,24H,(H,23,25). The fraction of sp³-hybridized carbons (Fsp3) is 0. The van der Waals surface area contributed by atoms with Crippen LogP contribution in [0.2, 0.25) is 0 Å². The Hall–Kier alpha value is -3.70. The number of carbonyl (C=O) groups excluding carboxylic acids is 1. The van der Waals surface area contributed by atoms with Gasteiger partial charge in [0.25, 0.3) is 15.9 Å². The van der Waals surface area contributed by atoms with E-state index in [1.54, 1.807) is 24.3 Å². The van der Waals surface area contributed by atoms with E-state index in [0.717, 1.165) is 24.3 Å². The molecule has 6 nitrogen and oxygen atoms in total. The molecule has 0 aromatic heterocycles. The SMILES string of the molecule is N#Cc1ccccc1NC(=O)c1cccc(NS(=O)(=O)c2ccc(F)cc2)c1. The van der Waals surface area contributed by atoms with Crippen LogP contribution in [-0.4, -0.2) is 14.3 Å². The predicted molar refractivity (Wildman–Crippen MR) is 103 cm³/mol. The van der Waals surface area contributed by atoms with E-state index in [2.05, 4.69) is 10.0 Å². The largest absolute Gasteiger partial charge is 0.321 e. The molecule has 3 aromatic carbocycles. The molecule has 0 saturated heterocycles. The number of amides is 1. The Balaban J connectivity index is 1.81. The molecule has 28 heavy (non-hydrogen) atoms. The van der Waals surface area contributed by atoms with Gasteiger partial charge in [-0.2, -0.15) is 5.26 Å². The highest BCUT2D eigenvalue weighted by molar-refractivity contribution is 7.92. The Morgan fingerprint density at radius 1 is 0.964 bits per heavy atom. The lowest BCUT2D eigenvalue weighted by atomic mass is 10.1.